The van der Waals surface area contributed by atoms with Crippen LogP contribution in [0.4, 0.5) is 5.69 Å². The van der Waals surface area contributed by atoms with Crippen LogP contribution in [0.15, 0.2) is 42.6 Å². The van der Waals surface area contributed by atoms with Gasteiger partial charge in [-0.15, -0.1) is 0 Å². The van der Waals surface area contributed by atoms with Gasteiger partial charge < -0.3 is 14.8 Å². The molecule has 0 atom stereocenters. The minimum atomic E-state index is 0.616. The quantitative estimate of drug-likeness (QED) is 0.878. The van der Waals surface area contributed by atoms with Crippen LogP contribution in [0, 0.1) is 0 Å². The zero-order valence-corrected chi connectivity index (χ0v) is 10.5. The molecule has 1 heterocycles. The summed E-state index contributed by atoms with van der Waals surface area (Å²) in [4.78, 5) is 4.13. The number of nitrogens with one attached hydrogen (secondary N) is 1. The second-order valence-electron chi connectivity index (χ2n) is 3.79. The Morgan fingerprint density at radius 1 is 1.00 bits per heavy atom. The van der Waals surface area contributed by atoms with Crippen LogP contribution in [-0.4, -0.2) is 19.2 Å². The second-order valence-corrected chi connectivity index (χ2v) is 3.79. The standard InChI is InChI=1S/C14H16N2O2/c1-17-13-6-3-11(4-7-13)9-15-12-5-8-14(18-2)16-10-12/h3-8,10,15H,9H2,1-2H3. The summed E-state index contributed by atoms with van der Waals surface area (Å²) in [5.41, 5.74) is 2.15. The van der Waals surface area contributed by atoms with E-state index in [4.69, 9.17) is 9.47 Å². The van der Waals surface area contributed by atoms with Gasteiger partial charge in [-0.2, -0.15) is 0 Å². The number of rotatable bonds is 5. The molecule has 0 bridgehead atoms. The topological polar surface area (TPSA) is 43.4 Å². The summed E-state index contributed by atoms with van der Waals surface area (Å²) in [7, 11) is 3.27. The zero-order chi connectivity index (χ0) is 12.8. The maximum Gasteiger partial charge on any atom is 0.213 e. The molecule has 0 spiro atoms. The van der Waals surface area contributed by atoms with E-state index in [9.17, 15) is 0 Å². The van der Waals surface area contributed by atoms with Gasteiger partial charge in [0.25, 0.3) is 0 Å². The first-order valence-electron chi connectivity index (χ1n) is 5.68. The molecule has 18 heavy (non-hydrogen) atoms. The van der Waals surface area contributed by atoms with E-state index in [0.29, 0.717) is 5.88 Å². The van der Waals surface area contributed by atoms with Crippen LogP contribution in [0.25, 0.3) is 0 Å². The number of hydrogen-bond donors (Lipinski definition) is 1. The molecule has 0 radical (unpaired) electrons. The largest absolute Gasteiger partial charge is 0.497 e. The maximum absolute atomic E-state index is 5.11. The zero-order valence-electron chi connectivity index (χ0n) is 10.5. The van der Waals surface area contributed by atoms with Crippen molar-refractivity contribution in [3.63, 3.8) is 0 Å². The number of methoxy groups -OCH3 is 2. The first-order valence-corrected chi connectivity index (χ1v) is 5.68. The fourth-order valence-corrected chi connectivity index (χ4v) is 1.55. The number of nitrogens with zero attached hydrogens (tertiary/aromatic N) is 1. The Labute approximate surface area is 107 Å². The Bertz CT molecular complexity index is 433. The fourth-order valence-electron chi connectivity index (χ4n) is 1.55. The first-order chi connectivity index (χ1) is 8.81. The molecule has 1 N–H and O–H groups in total. The normalized spacial score (nSPS) is 9.89. The fraction of sp³-hybridized carbons (Fsp3) is 0.214. The summed E-state index contributed by atoms with van der Waals surface area (Å²) in [5.74, 6) is 1.48. The Morgan fingerprint density at radius 3 is 2.33 bits per heavy atom. The summed E-state index contributed by atoms with van der Waals surface area (Å²) in [6.07, 6.45) is 1.75. The number of ether oxygens (including phenoxy) is 2. The van der Waals surface area contributed by atoms with Gasteiger partial charge in [0, 0.05) is 12.6 Å². The van der Waals surface area contributed by atoms with Crippen molar-refractivity contribution in [1.82, 2.24) is 4.98 Å². The average molecular weight is 244 g/mol. The summed E-state index contributed by atoms with van der Waals surface area (Å²) >= 11 is 0. The van der Waals surface area contributed by atoms with E-state index in [1.165, 1.54) is 5.56 Å². The van der Waals surface area contributed by atoms with Gasteiger partial charge >= 0.3 is 0 Å². The van der Waals surface area contributed by atoms with Gasteiger partial charge in [-0.1, -0.05) is 12.1 Å². The lowest BCUT2D eigenvalue weighted by molar-refractivity contribution is 0.398. The van der Waals surface area contributed by atoms with Gasteiger partial charge in [0.2, 0.25) is 5.88 Å². The number of benzene rings is 1. The smallest absolute Gasteiger partial charge is 0.213 e. The van der Waals surface area contributed by atoms with Crippen LogP contribution in [-0.2, 0) is 6.54 Å². The minimum absolute atomic E-state index is 0.616. The Kier molecular flexibility index (Phi) is 4.02. The van der Waals surface area contributed by atoms with Gasteiger partial charge in [-0.3, -0.25) is 0 Å². The molecule has 0 aliphatic heterocycles. The van der Waals surface area contributed by atoms with Crippen LogP contribution in [0.1, 0.15) is 5.56 Å². The van der Waals surface area contributed by atoms with Crippen LogP contribution in [0.2, 0.25) is 0 Å². The summed E-state index contributed by atoms with van der Waals surface area (Å²) in [6.45, 7) is 0.748. The van der Waals surface area contributed by atoms with Crippen molar-refractivity contribution < 1.29 is 9.47 Å². The highest BCUT2D eigenvalue weighted by molar-refractivity contribution is 5.43. The van der Waals surface area contributed by atoms with Crippen molar-refractivity contribution >= 4 is 5.69 Å². The lowest BCUT2D eigenvalue weighted by Gasteiger charge is -2.07. The molecule has 0 unspecified atom stereocenters. The molecule has 0 fully saturated rings. The lowest BCUT2D eigenvalue weighted by atomic mass is 10.2. The average Bonchev–Trinajstić information content (AvgIpc) is 2.46. The molecular formula is C14H16N2O2. The first kappa shape index (κ1) is 12.2. The molecule has 0 aliphatic rings. The number of hydrogen-bond acceptors (Lipinski definition) is 4. The van der Waals surface area contributed by atoms with E-state index in [1.807, 2.05) is 36.4 Å². The Balaban J connectivity index is 1.93. The molecule has 0 saturated heterocycles. The molecule has 0 saturated carbocycles. The van der Waals surface area contributed by atoms with Crippen LogP contribution < -0.4 is 14.8 Å². The van der Waals surface area contributed by atoms with Crippen molar-refractivity contribution in [2.24, 2.45) is 0 Å². The number of anilines is 1. The summed E-state index contributed by atoms with van der Waals surface area (Å²) in [6, 6.07) is 11.7. The predicted molar refractivity (Wildman–Crippen MR) is 71.1 cm³/mol. The van der Waals surface area contributed by atoms with Gasteiger partial charge in [0.1, 0.15) is 5.75 Å². The minimum Gasteiger partial charge on any atom is -0.497 e. The number of aromatic nitrogens is 1. The summed E-state index contributed by atoms with van der Waals surface area (Å²) in [5, 5.41) is 3.29. The molecule has 1 aromatic carbocycles. The molecule has 94 valence electrons. The maximum atomic E-state index is 5.11. The molecule has 4 nitrogen and oxygen atoms in total. The van der Waals surface area contributed by atoms with E-state index < -0.39 is 0 Å². The lowest BCUT2D eigenvalue weighted by Crippen LogP contribution is -2.00. The van der Waals surface area contributed by atoms with Crippen LogP contribution in [0.3, 0.4) is 0 Å². The van der Waals surface area contributed by atoms with Crippen LogP contribution >= 0.6 is 0 Å². The van der Waals surface area contributed by atoms with Gasteiger partial charge in [-0.25, -0.2) is 4.98 Å². The molecule has 2 aromatic rings. The van der Waals surface area contributed by atoms with Crippen molar-refractivity contribution in [3.8, 4) is 11.6 Å². The third-order valence-corrected chi connectivity index (χ3v) is 2.60. The van der Waals surface area contributed by atoms with Crippen molar-refractivity contribution in [2.75, 3.05) is 19.5 Å². The Hall–Kier alpha value is -2.23. The van der Waals surface area contributed by atoms with Gasteiger partial charge in [0.15, 0.2) is 0 Å². The molecule has 2 rings (SSSR count). The Morgan fingerprint density at radius 2 is 1.78 bits per heavy atom. The summed E-state index contributed by atoms with van der Waals surface area (Å²) < 4.78 is 10.1. The molecular weight excluding hydrogens is 228 g/mol. The van der Waals surface area contributed by atoms with Crippen LogP contribution in [0.5, 0.6) is 11.6 Å². The monoisotopic (exact) mass is 244 g/mol. The van der Waals surface area contributed by atoms with Crippen molar-refractivity contribution in [3.05, 3.63) is 48.2 Å². The van der Waals surface area contributed by atoms with E-state index in [1.54, 1.807) is 20.4 Å². The molecule has 1 aromatic heterocycles. The van der Waals surface area contributed by atoms with Crippen molar-refractivity contribution in [1.29, 1.82) is 0 Å². The van der Waals surface area contributed by atoms with Crippen molar-refractivity contribution in [2.45, 2.75) is 6.54 Å². The third kappa shape index (κ3) is 3.13. The number of pyridine rings is 1. The van der Waals surface area contributed by atoms with Gasteiger partial charge in [0.05, 0.1) is 26.1 Å². The van der Waals surface area contributed by atoms with E-state index in [-0.39, 0.29) is 0 Å². The molecule has 0 amide bonds. The van der Waals surface area contributed by atoms with E-state index in [2.05, 4.69) is 10.3 Å². The van der Waals surface area contributed by atoms with Gasteiger partial charge in [-0.05, 0) is 23.8 Å². The highest BCUT2D eigenvalue weighted by atomic mass is 16.5. The SMILES string of the molecule is COc1ccc(CNc2ccc(OC)nc2)cc1. The predicted octanol–water partition coefficient (Wildman–Crippen LogP) is 2.71. The molecule has 0 aliphatic carbocycles. The second kappa shape index (κ2) is 5.91. The molecule has 4 heteroatoms. The van der Waals surface area contributed by atoms with E-state index >= 15 is 0 Å². The highest BCUT2D eigenvalue weighted by Gasteiger charge is 1.97. The third-order valence-electron chi connectivity index (χ3n) is 2.60. The highest BCUT2D eigenvalue weighted by Crippen LogP contribution is 2.14. The van der Waals surface area contributed by atoms with E-state index in [0.717, 1.165) is 18.0 Å².